The van der Waals surface area contributed by atoms with Crippen molar-refractivity contribution in [3.8, 4) is 11.5 Å². The highest BCUT2D eigenvalue weighted by Gasteiger charge is 2.30. The van der Waals surface area contributed by atoms with Crippen LogP contribution in [0.3, 0.4) is 0 Å². The van der Waals surface area contributed by atoms with Gasteiger partial charge in [-0.05, 0) is 31.9 Å². The molecule has 1 N–H and O–H groups in total. The molecule has 3 rings (SSSR count). The molecule has 2 aliphatic rings. The van der Waals surface area contributed by atoms with Crippen LogP contribution in [0.1, 0.15) is 19.8 Å². The third-order valence-corrected chi connectivity index (χ3v) is 4.07. The first kappa shape index (κ1) is 14.2. The summed E-state index contributed by atoms with van der Waals surface area (Å²) in [6, 6.07) is 7.48. The molecule has 2 heterocycles. The van der Waals surface area contributed by atoms with Crippen LogP contribution in [0, 0.1) is 5.92 Å². The van der Waals surface area contributed by atoms with Crippen molar-refractivity contribution in [2.24, 2.45) is 5.92 Å². The Labute approximate surface area is 124 Å². The Hall–Kier alpha value is -1.75. The van der Waals surface area contributed by atoms with E-state index >= 15 is 0 Å². The number of hydrogen-bond donors (Lipinski definition) is 1. The molecule has 1 aromatic rings. The highest BCUT2D eigenvalue weighted by Crippen LogP contribution is 2.31. The normalized spacial score (nSPS) is 26.0. The number of para-hydroxylation sites is 2. The zero-order valence-electron chi connectivity index (χ0n) is 12.2. The third kappa shape index (κ3) is 3.29. The second-order valence-corrected chi connectivity index (χ2v) is 5.64. The van der Waals surface area contributed by atoms with Gasteiger partial charge in [0.2, 0.25) is 6.10 Å². The number of hydrogen-bond acceptors (Lipinski definition) is 4. The third-order valence-electron chi connectivity index (χ3n) is 4.07. The van der Waals surface area contributed by atoms with Crippen molar-refractivity contribution >= 4 is 5.91 Å². The first-order valence-electron chi connectivity index (χ1n) is 7.50. The Kier molecular flexibility index (Phi) is 4.29. The maximum atomic E-state index is 12.3. The molecule has 1 amide bonds. The van der Waals surface area contributed by atoms with E-state index in [-0.39, 0.29) is 18.6 Å². The van der Waals surface area contributed by atoms with Crippen LogP contribution < -0.4 is 14.8 Å². The van der Waals surface area contributed by atoms with E-state index in [1.54, 1.807) is 0 Å². The number of rotatable bonds is 3. The molecule has 0 aliphatic carbocycles. The molecule has 21 heavy (non-hydrogen) atoms. The Bertz CT molecular complexity index is 499. The Morgan fingerprint density at radius 3 is 2.86 bits per heavy atom. The summed E-state index contributed by atoms with van der Waals surface area (Å²) in [7, 11) is 0. The summed E-state index contributed by atoms with van der Waals surface area (Å²) in [4.78, 5) is 12.3. The summed E-state index contributed by atoms with van der Waals surface area (Å²) < 4.78 is 16.8. The van der Waals surface area contributed by atoms with Gasteiger partial charge in [0.25, 0.3) is 5.91 Å². The average Bonchev–Trinajstić information content (AvgIpc) is 2.55. The molecule has 0 spiro atoms. The van der Waals surface area contributed by atoms with E-state index in [1.807, 2.05) is 31.2 Å². The summed E-state index contributed by atoms with van der Waals surface area (Å²) in [5.74, 6) is 1.56. The smallest absolute Gasteiger partial charge is 0.264 e. The van der Waals surface area contributed by atoms with Crippen LogP contribution >= 0.6 is 0 Å². The zero-order chi connectivity index (χ0) is 14.7. The monoisotopic (exact) mass is 291 g/mol. The fourth-order valence-corrected chi connectivity index (χ4v) is 2.74. The van der Waals surface area contributed by atoms with Gasteiger partial charge in [0.15, 0.2) is 11.5 Å². The number of amides is 1. The molecule has 0 radical (unpaired) electrons. The van der Waals surface area contributed by atoms with E-state index in [1.165, 1.54) is 0 Å². The van der Waals surface area contributed by atoms with Crippen LogP contribution in [-0.4, -0.2) is 37.9 Å². The van der Waals surface area contributed by atoms with E-state index in [2.05, 4.69) is 5.32 Å². The molecule has 0 saturated carbocycles. The van der Waals surface area contributed by atoms with Crippen LogP contribution in [0.4, 0.5) is 0 Å². The van der Waals surface area contributed by atoms with E-state index < -0.39 is 6.10 Å². The summed E-state index contributed by atoms with van der Waals surface area (Å²) >= 11 is 0. The molecule has 1 fully saturated rings. The minimum absolute atomic E-state index is 0.0820. The number of benzene rings is 1. The molecular weight excluding hydrogens is 270 g/mol. The van der Waals surface area contributed by atoms with Gasteiger partial charge < -0.3 is 19.5 Å². The second-order valence-electron chi connectivity index (χ2n) is 5.64. The van der Waals surface area contributed by atoms with Gasteiger partial charge in [0.1, 0.15) is 6.61 Å². The highest BCUT2D eigenvalue weighted by atomic mass is 16.6. The molecule has 2 aliphatic heterocycles. The summed E-state index contributed by atoms with van der Waals surface area (Å²) in [5.41, 5.74) is 0. The SMILES string of the molecule is C[C@H](NC(=O)[C@@H]1COc2ccccc2O1)[C@@H]1CCCOC1. The molecule has 3 atom stereocenters. The Balaban J connectivity index is 1.56. The molecular formula is C16H21NO4. The fourth-order valence-electron chi connectivity index (χ4n) is 2.74. The van der Waals surface area contributed by atoms with E-state index in [0.717, 1.165) is 19.4 Å². The minimum atomic E-state index is -0.591. The minimum Gasteiger partial charge on any atom is -0.485 e. The van der Waals surface area contributed by atoms with Crippen LogP contribution in [0.25, 0.3) is 0 Å². The predicted octanol–water partition coefficient (Wildman–Crippen LogP) is 1.76. The lowest BCUT2D eigenvalue weighted by atomic mass is 9.95. The predicted molar refractivity (Wildman–Crippen MR) is 77.5 cm³/mol. The average molecular weight is 291 g/mol. The number of fused-ring (bicyclic) bond motifs is 1. The lowest BCUT2D eigenvalue weighted by Gasteiger charge is -2.31. The summed E-state index contributed by atoms with van der Waals surface area (Å²) in [5, 5.41) is 3.03. The van der Waals surface area contributed by atoms with Gasteiger partial charge in [0.05, 0.1) is 6.61 Å². The second kappa shape index (κ2) is 6.35. The fraction of sp³-hybridized carbons (Fsp3) is 0.562. The number of carbonyl (C=O) groups is 1. The Morgan fingerprint density at radius 1 is 1.29 bits per heavy atom. The highest BCUT2D eigenvalue weighted by molar-refractivity contribution is 5.82. The van der Waals surface area contributed by atoms with Crippen molar-refractivity contribution in [3.05, 3.63) is 24.3 Å². The molecule has 1 aromatic carbocycles. The van der Waals surface area contributed by atoms with Crippen LogP contribution in [0.2, 0.25) is 0 Å². The maximum Gasteiger partial charge on any atom is 0.264 e. The first-order chi connectivity index (χ1) is 10.2. The first-order valence-corrected chi connectivity index (χ1v) is 7.50. The summed E-state index contributed by atoms with van der Waals surface area (Å²) in [6.07, 6.45) is 1.56. The van der Waals surface area contributed by atoms with Crippen molar-refractivity contribution in [2.45, 2.75) is 31.9 Å². The molecule has 0 bridgehead atoms. The quantitative estimate of drug-likeness (QED) is 0.922. The molecule has 0 aromatic heterocycles. The van der Waals surface area contributed by atoms with Gasteiger partial charge in [-0.1, -0.05) is 12.1 Å². The molecule has 5 heteroatoms. The lowest BCUT2D eigenvalue weighted by molar-refractivity contribution is -0.131. The van der Waals surface area contributed by atoms with Crippen LogP contribution in [0.5, 0.6) is 11.5 Å². The van der Waals surface area contributed by atoms with Gasteiger partial charge >= 0.3 is 0 Å². The topological polar surface area (TPSA) is 56.8 Å². The molecule has 1 saturated heterocycles. The van der Waals surface area contributed by atoms with E-state index in [9.17, 15) is 4.79 Å². The van der Waals surface area contributed by atoms with Crippen molar-refractivity contribution in [2.75, 3.05) is 19.8 Å². The van der Waals surface area contributed by atoms with E-state index in [0.29, 0.717) is 24.0 Å². The molecule has 114 valence electrons. The van der Waals surface area contributed by atoms with E-state index in [4.69, 9.17) is 14.2 Å². The van der Waals surface area contributed by atoms with Gasteiger partial charge in [0, 0.05) is 18.6 Å². The van der Waals surface area contributed by atoms with Crippen molar-refractivity contribution in [3.63, 3.8) is 0 Å². The van der Waals surface area contributed by atoms with Gasteiger partial charge in [-0.15, -0.1) is 0 Å². The number of nitrogens with one attached hydrogen (secondary N) is 1. The Morgan fingerprint density at radius 2 is 2.10 bits per heavy atom. The van der Waals surface area contributed by atoms with Gasteiger partial charge in [-0.2, -0.15) is 0 Å². The van der Waals surface area contributed by atoms with Crippen molar-refractivity contribution in [1.29, 1.82) is 0 Å². The lowest BCUT2D eigenvalue weighted by Crippen LogP contribution is -2.49. The van der Waals surface area contributed by atoms with Crippen LogP contribution in [-0.2, 0) is 9.53 Å². The molecule has 5 nitrogen and oxygen atoms in total. The standard InChI is InChI=1S/C16H21NO4/c1-11(12-5-4-8-19-9-12)17-16(18)15-10-20-13-6-2-3-7-14(13)21-15/h2-3,6-7,11-12,15H,4-5,8-10H2,1H3,(H,17,18)/t11-,12+,15-/m0/s1. The van der Waals surface area contributed by atoms with Crippen LogP contribution in [0.15, 0.2) is 24.3 Å². The largest absolute Gasteiger partial charge is 0.485 e. The summed E-state index contributed by atoms with van der Waals surface area (Å²) in [6.45, 7) is 3.81. The number of ether oxygens (including phenoxy) is 3. The number of carbonyl (C=O) groups excluding carboxylic acids is 1. The van der Waals surface area contributed by atoms with Crippen molar-refractivity contribution in [1.82, 2.24) is 5.32 Å². The maximum absolute atomic E-state index is 12.3. The zero-order valence-corrected chi connectivity index (χ0v) is 12.2. The van der Waals surface area contributed by atoms with Gasteiger partial charge in [-0.3, -0.25) is 4.79 Å². The van der Waals surface area contributed by atoms with Crippen molar-refractivity contribution < 1.29 is 19.0 Å². The van der Waals surface area contributed by atoms with Gasteiger partial charge in [-0.25, -0.2) is 0 Å². The molecule has 0 unspecified atom stereocenters.